The number of hydrogen-bond donors (Lipinski definition) is 2. The van der Waals surface area contributed by atoms with Crippen LogP contribution < -0.4 is 16.0 Å². The molecule has 0 spiro atoms. The lowest BCUT2D eigenvalue weighted by molar-refractivity contribution is -0.123. The van der Waals surface area contributed by atoms with E-state index in [2.05, 4.69) is 11.5 Å². The summed E-state index contributed by atoms with van der Waals surface area (Å²) in [6.07, 6.45) is 1.73. The van der Waals surface area contributed by atoms with Crippen molar-refractivity contribution in [3.05, 3.63) is 28.3 Å². The molecule has 4 heteroatoms. The Morgan fingerprint density at radius 3 is 2.39 bits per heavy atom. The van der Waals surface area contributed by atoms with Gasteiger partial charge in [0, 0.05) is 0 Å². The lowest BCUT2D eigenvalue weighted by Gasteiger charge is -2.21. The minimum Gasteiger partial charge on any atom is -0.496 e. The summed E-state index contributed by atoms with van der Waals surface area (Å²) in [5.74, 6) is 6.11. The summed E-state index contributed by atoms with van der Waals surface area (Å²) in [4.78, 5) is 12.0. The van der Waals surface area contributed by atoms with Gasteiger partial charge in [-0.3, -0.25) is 10.2 Å². The number of hydrazine groups is 1. The van der Waals surface area contributed by atoms with Gasteiger partial charge in [-0.25, -0.2) is 5.84 Å². The molecule has 0 aromatic heterocycles. The van der Waals surface area contributed by atoms with E-state index in [0.717, 1.165) is 40.8 Å². The van der Waals surface area contributed by atoms with Crippen LogP contribution in [0.2, 0.25) is 0 Å². The Morgan fingerprint density at radius 1 is 1.33 bits per heavy atom. The maximum Gasteiger partial charge on any atom is 0.244 e. The van der Waals surface area contributed by atoms with Crippen LogP contribution in [0.25, 0.3) is 0 Å². The van der Waals surface area contributed by atoms with Crippen molar-refractivity contribution in [3.63, 3.8) is 0 Å². The molecule has 4 nitrogen and oxygen atoms in total. The first-order valence-corrected chi connectivity index (χ1v) is 6.14. The molecule has 1 fully saturated rings. The zero-order valence-electron chi connectivity index (χ0n) is 11.4. The number of methoxy groups -OCH3 is 1. The van der Waals surface area contributed by atoms with E-state index in [1.54, 1.807) is 7.11 Å². The highest BCUT2D eigenvalue weighted by molar-refractivity contribution is 5.91. The second-order valence-electron chi connectivity index (χ2n) is 5.08. The lowest BCUT2D eigenvalue weighted by atomic mass is 9.87. The zero-order chi connectivity index (χ0) is 13.5. The quantitative estimate of drug-likeness (QED) is 0.485. The molecule has 18 heavy (non-hydrogen) atoms. The van der Waals surface area contributed by atoms with Gasteiger partial charge in [-0.05, 0) is 55.9 Å². The van der Waals surface area contributed by atoms with Crippen LogP contribution in [0.15, 0.2) is 6.07 Å². The SMILES string of the molecule is COc1c(C)cc(C2(C(=O)NN)CC2)c(C)c1C. The smallest absolute Gasteiger partial charge is 0.244 e. The summed E-state index contributed by atoms with van der Waals surface area (Å²) in [6.45, 7) is 6.07. The fourth-order valence-electron chi connectivity index (χ4n) is 2.75. The van der Waals surface area contributed by atoms with Crippen LogP contribution in [-0.2, 0) is 10.2 Å². The monoisotopic (exact) mass is 248 g/mol. The van der Waals surface area contributed by atoms with Crippen molar-refractivity contribution in [1.29, 1.82) is 0 Å². The number of rotatable bonds is 3. The van der Waals surface area contributed by atoms with Crippen LogP contribution in [-0.4, -0.2) is 13.0 Å². The van der Waals surface area contributed by atoms with Gasteiger partial charge in [0.25, 0.3) is 0 Å². The van der Waals surface area contributed by atoms with E-state index in [1.807, 2.05) is 20.8 Å². The first-order valence-electron chi connectivity index (χ1n) is 6.14. The van der Waals surface area contributed by atoms with Gasteiger partial charge in [-0.2, -0.15) is 0 Å². The van der Waals surface area contributed by atoms with Crippen LogP contribution >= 0.6 is 0 Å². The van der Waals surface area contributed by atoms with E-state index >= 15 is 0 Å². The molecule has 1 aromatic rings. The van der Waals surface area contributed by atoms with Gasteiger partial charge >= 0.3 is 0 Å². The number of carbonyl (C=O) groups is 1. The first kappa shape index (κ1) is 12.9. The molecule has 0 atom stereocenters. The summed E-state index contributed by atoms with van der Waals surface area (Å²) in [6, 6.07) is 2.06. The summed E-state index contributed by atoms with van der Waals surface area (Å²) in [5, 5.41) is 0. The average molecular weight is 248 g/mol. The van der Waals surface area contributed by atoms with Gasteiger partial charge in [0.2, 0.25) is 5.91 Å². The molecule has 0 saturated heterocycles. The molecule has 1 saturated carbocycles. The Morgan fingerprint density at radius 2 is 1.94 bits per heavy atom. The molecule has 0 aliphatic heterocycles. The van der Waals surface area contributed by atoms with Crippen LogP contribution in [0.3, 0.4) is 0 Å². The van der Waals surface area contributed by atoms with Gasteiger partial charge in [-0.1, -0.05) is 6.07 Å². The predicted octanol–water partition coefficient (Wildman–Crippen LogP) is 1.64. The Bertz CT molecular complexity index is 505. The topological polar surface area (TPSA) is 64.3 Å². The van der Waals surface area contributed by atoms with Crippen molar-refractivity contribution in [2.24, 2.45) is 5.84 Å². The van der Waals surface area contributed by atoms with Gasteiger partial charge in [0.1, 0.15) is 5.75 Å². The largest absolute Gasteiger partial charge is 0.496 e. The predicted molar refractivity (Wildman–Crippen MR) is 70.4 cm³/mol. The van der Waals surface area contributed by atoms with Crippen LogP contribution in [0.5, 0.6) is 5.75 Å². The van der Waals surface area contributed by atoms with Crippen LogP contribution in [0, 0.1) is 20.8 Å². The molecular formula is C14H20N2O2. The van der Waals surface area contributed by atoms with Crippen LogP contribution in [0.1, 0.15) is 35.1 Å². The summed E-state index contributed by atoms with van der Waals surface area (Å²) in [5.41, 5.74) is 6.25. The van der Waals surface area contributed by atoms with Gasteiger partial charge in [0.15, 0.2) is 0 Å². The standard InChI is InChI=1S/C14H20N2O2/c1-8-7-11(9(2)10(3)12(8)18-4)14(5-6-14)13(17)16-15/h7H,5-6,15H2,1-4H3,(H,16,17). The molecule has 2 rings (SSSR count). The molecule has 1 aliphatic carbocycles. The zero-order valence-corrected chi connectivity index (χ0v) is 11.4. The third-order valence-corrected chi connectivity index (χ3v) is 4.06. The van der Waals surface area contributed by atoms with Gasteiger partial charge < -0.3 is 4.74 Å². The highest BCUT2D eigenvalue weighted by atomic mass is 16.5. The average Bonchev–Trinajstić information content (AvgIpc) is 3.15. The minimum atomic E-state index is -0.416. The second-order valence-corrected chi connectivity index (χ2v) is 5.08. The third-order valence-electron chi connectivity index (χ3n) is 4.06. The molecule has 1 aromatic carbocycles. The van der Waals surface area contributed by atoms with E-state index in [0.29, 0.717) is 0 Å². The van der Waals surface area contributed by atoms with E-state index in [-0.39, 0.29) is 5.91 Å². The molecule has 0 bridgehead atoms. The fraction of sp³-hybridized carbons (Fsp3) is 0.500. The van der Waals surface area contributed by atoms with Crippen molar-refractivity contribution < 1.29 is 9.53 Å². The summed E-state index contributed by atoms with van der Waals surface area (Å²) >= 11 is 0. The maximum atomic E-state index is 12.0. The highest BCUT2D eigenvalue weighted by Gasteiger charge is 2.52. The van der Waals surface area contributed by atoms with Gasteiger partial charge in [0.05, 0.1) is 12.5 Å². The second kappa shape index (κ2) is 4.28. The Labute approximate surface area is 107 Å². The lowest BCUT2D eigenvalue weighted by Crippen LogP contribution is -2.39. The molecule has 1 amide bonds. The number of ether oxygens (including phenoxy) is 1. The third kappa shape index (κ3) is 1.68. The Hall–Kier alpha value is -1.55. The van der Waals surface area contributed by atoms with E-state index in [1.165, 1.54) is 0 Å². The molecule has 3 N–H and O–H groups in total. The molecular weight excluding hydrogens is 228 g/mol. The number of hydrogen-bond acceptors (Lipinski definition) is 3. The van der Waals surface area contributed by atoms with Crippen molar-refractivity contribution in [2.45, 2.75) is 39.0 Å². The maximum absolute atomic E-state index is 12.0. The summed E-state index contributed by atoms with van der Waals surface area (Å²) in [7, 11) is 1.67. The summed E-state index contributed by atoms with van der Waals surface area (Å²) < 4.78 is 5.41. The van der Waals surface area contributed by atoms with Crippen molar-refractivity contribution in [1.82, 2.24) is 5.43 Å². The van der Waals surface area contributed by atoms with E-state index < -0.39 is 5.41 Å². The normalized spacial score (nSPS) is 16.3. The molecule has 1 aliphatic rings. The van der Waals surface area contributed by atoms with Gasteiger partial charge in [-0.15, -0.1) is 0 Å². The Kier molecular flexibility index (Phi) is 3.07. The van der Waals surface area contributed by atoms with E-state index in [9.17, 15) is 4.79 Å². The Balaban J connectivity index is 2.57. The van der Waals surface area contributed by atoms with Crippen LogP contribution in [0.4, 0.5) is 0 Å². The van der Waals surface area contributed by atoms with Crippen molar-refractivity contribution >= 4 is 5.91 Å². The molecule has 0 heterocycles. The number of nitrogens with one attached hydrogen (secondary N) is 1. The van der Waals surface area contributed by atoms with Crippen molar-refractivity contribution in [2.75, 3.05) is 7.11 Å². The highest BCUT2D eigenvalue weighted by Crippen LogP contribution is 2.51. The number of carbonyl (C=O) groups excluding carboxylic acids is 1. The first-order chi connectivity index (χ1) is 8.47. The van der Waals surface area contributed by atoms with Crippen molar-refractivity contribution in [3.8, 4) is 5.75 Å². The molecule has 98 valence electrons. The number of aryl methyl sites for hydroxylation is 1. The fourth-order valence-corrected chi connectivity index (χ4v) is 2.75. The van der Waals surface area contributed by atoms with E-state index in [4.69, 9.17) is 10.6 Å². The number of amides is 1. The minimum absolute atomic E-state index is 0.0884. The number of benzene rings is 1. The molecule has 0 radical (unpaired) electrons. The number of nitrogens with two attached hydrogens (primary N) is 1. The molecule has 0 unspecified atom stereocenters.